The summed E-state index contributed by atoms with van der Waals surface area (Å²) >= 11 is 0. The smallest absolute Gasteiger partial charge is 0.161 e. The van der Waals surface area contributed by atoms with Gasteiger partial charge in [0.05, 0.1) is 22.2 Å². The van der Waals surface area contributed by atoms with Gasteiger partial charge in [0, 0.05) is 16.7 Å². The van der Waals surface area contributed by atoms with Gasteiger partial charge in [-0.1, -0.05) is 255 Å². The highest BCUT2D eigenvalue weighted by atomic mass is 14.9. The molecule has 0 atom stereocenters. The molecule has 0 amide bonds. The average Bonchev–Trinajstić information content (AvgIpc) is 4.14. The number of fused-ring (bicyclic) bond motifs is 16. The van der Waals surface area contributed by atoms with Crippen molar-refractivity contribution in [1.82, 2.24) is 9.97 Å². The molecule has 2 heteroatoms. The van der Waals surface area contributed by atoms with Gasteiger partial charge in [-0.3, -0.25) is 0 Å². The first kappa shape index (κ1) is 42.2. The second-order valence-electron chi connectivity index (χ2n) is 19.9. The molecule has 12 aromatic rings. The Labute approximate surface area is 431 Å². The summed E-state index contributed by atoms with van der Waals surface area (Å²) in [7, 11) is 0. The van der Waals surface area contributed by atoms with Gasteiger partial charge >= 0.3 is 0 Å². The fourth-order valence-electron chi connectivity index (χ4n) is 13.2. The Morgan fingerprint density at radius 3 is 0.986 bits per heavy atom. The minimum absolute atomic E-state index is 0.485. The van der Waals surface area contributed by atoms with Crippen molar-refractivity contribution < 1.29 is 0 Å². The summed E-state index contributed by atoms with van der Waals surface area (Å²) in [4.78, 5) is 11.0. The number of hydrogen-bond acceptors (Lipinski definition) is 2. The Kier molecular flexibility index (Phi) is 9.43. The van der Waals surface area contributed by atoms with Crippen molar-refractivity contribution in [2.24, 2.45) is 0 Å². The molecule has 0 fully saturated rings. The summed E-state index contributed by atoms with van der Waals surface area (Å²) in [6.45, 7) is 0. The van der Waals surface area contributed by atoms with Crippen LogP contribution in [-0.4, -0.2) is 9.97 Å². The normalized spacial score (nSPS) is 13.6. The van der Waals surface area contributed by atoms with Gasteiger partial charge < -0.3 is 0 Å². The molecule has 3 aliphatic rings. The molecular weight excluding hydrogens is 893 g/mol. The van der Waals surface area contributed by atoms with E-state index in [1.165, 1.54) is 77.9 Å². The predicted octanol–water partition coefficient (Wildman–Crippen LogP) is 17.5. The Hall–Kier alpha value is -9.50. The van der Waals surface area contributed by atoms with Gasteiger partial charge in [-0.15, -0.1) is 0 Å². The van der Waals surface area contributed by atoms with Gasteiger partial charge in [-0.05, 0) is 124 Å². The lowest BCUT2D eigenvalue weighted by Crippen LogP contribution is -2.43. The number of nitrogens with zero attached hydrogens (tertiary/aromatic N) is 2. The van der Waals surface area contributed by atoms with Gasteiger partial charge in [0.1, 0.15) is 0 Å². The summed E-state index contributed by atoms with van der Waals surface area (Å²) in [6, 6.07) is 103. The number of benzene rings is 11. The zero-order chi connectivity index (χ0) is 48.8. The van der Waals surface area contributed by atoms with Crippen LogP contribution in [0, 0.1) is 0 Å². The molecule has 74 heavy (non-hydrogen) atoms. The summed E-state index contributed by atoms with van der Waals surface area (Å²) in [6.07, 6.45) is 0. The molecule has 11 aromatic carbocycles. The maximum atomic E-state index is 5.48. The Balaban J connectivity index is 0.926. The monoisotopic (exact) mass is 938 g/mol. The van der Waals surface area contributed by atoms with Crippen LogP contribution in [0.3, 0.4) is 0 Å². The van der Waals surface area contributed by atoms with Crippen molar-refractivity contribution in [3.8, 4) is 89.5 Å². The van der Waals surface area contributed by atoms with Crippen molar-refractivity contribution in [2.75, 3.05) is 0 Å². The quantitative estimate of drug-likeness (QED) is 0.166. The highest BCUT2D eigenvalue weighted by molar-refractivity contribution is 5.96. The minimum Gasteiger partial charge on any atom is -0.228 e. The van der Waals surface area contributed by atoms with Crippen LogP contribution < -0.4 is 0 Å². The van der Waals surface area contributed by atoms with Gasteiger partial charge in [0.2, 0.25) is 0 Å². The lowest BCUT2D eigenvalue weighted by Gasteiger charge is -2.48. The lowest BCUT2D eigenvalue weighted by atomic mass is 9.52. The van der Waals surface area contributed by atoms with Crippen molar-refractivity contribution >= 4 is 0 Å². The number of rotatable bonds is 6. The van der Waals surface area contributed by atoms with Crippen LogP contribution in [0.15, 0.2) is 279 Å². The van der Waals surface area contributed by atoms with Crippen molar-refractivity contribution in [3.05, 3.63) is 324 Å². The molecule has 2 spiro atoms. The Morgan fingerprint density at radius 2 is 0.527 bits per heavy atom. The third-order valence-corrected chi connectivity index (χ3v) is 16.2. The maximum Gasteiger partial charge on any atom is 0.161 e. The van der Waals surface area contributed by atoms with Crippen LogP contribution in [0.1, 0.15) is 44.5 Å². The maximum absolute atomic E-state index is 5.48. The van der Waals surface area contributed by atoms with E-state index >= 15 is 0 Å². The van der Waals surface area contributed by atoms with Crippen molar-refractivity contribution in [2.45, 2.75) is 10.8 Å². The zero-order valence-corrected chi connectivity index (χ0v) is 40.5. The molecule has 1 aromatic heterocycles. The zero-order valence-electron chi connectivity index (χ0n) is 40.5. The lowest BCUT2D eigenvalue weighted by molar-refractivity contribution is 0.633. The third-order valence-electron chi connectivity index (χ3n) is 16.2. The first-order valence-corrected chi connectivity index (χ1v) is 25.6. The molecule has 1 heterocycles. The second kappa shape index (κ2) is 16.5. The molecule has 0 unspecified atom stereocenters. The van der Waals surface area contributed by atoms with E-state index in [-0.39, 0.29) is 0 Å². The van der Waals surface area contributed by atoms with Crippen LogP contribution >= 0.6 is 0 Å². The summed E-state index contributed by atoms with van der Waals surface area (Å²) in [5.41, 5.74) is 26.3. The summed E-state index contributed by atoms with van der Waals surface area (Å²) in [5.74, 6) is 0.679. The first-order valence-electron chi connectivity index (χ1n) is 25.6. The molecule has 0 aliphatic heterocycles. The van der Waals surface area contributed by atoms with Gasteiger partial charge in [0.15, 0.2) is 5.82 Å². The van der Waals surface area contributed by atoms with E-state index in [2.05, 4.69) is 279 Å². The van der Waals surface area contributed by atoms with E-state index in [4.69, 9.17) is 9.97 Å². The molecule has 0 radical (unpaired) electrons. The third kappa shape index (κ3) is 6.06. The van der Waals surface area contributed by atoms with Gasteiger partial charge in [0.25, 0.3) is 0 Å². The summed E-state index contributed by atoms with van der Waals surface area (Å²) < 4.78 is 0. The molecule has 344 valence electrons. The van der Waals surface area contributed by atoms with Crippen LogP contribution in [0.2, 0.25) is 0 Å². The molecule has 0 bridgehead atoms. The largest absolute Gasteiger partial charge is 0.228 e. The van der Waals surface area contributed by atoms with Crippen LogP contribution in [-0.2, 0) is 10.8 Å². The highest BCUT2D eigenvalue weighted by Gasteiger charge is 2.58. The van der Waals surface area contributed by atoms with Gasteiger partial charge in [-0.2, -0.15) is 0 Å². The van der Waals surface area contributed by atoms with Crippen LogP contribution in [0.5, 0.6) is 0 Å². The second-order valence-corrected chi connectivity index (χ2v) is 19.9. The SMILES string of the molecule is c1ccc(-c2cccc(-c3cc(-c4cccc(-c5ccccc5)c4)nc(-c4ccccc4-c4ccc5c(c4)-c4ccccc4C54c5ccccc5C5(c6ccccc6-c6ccccc65)c5ccccc54)n3)c2)cc1. The standard InChI is InChI=1S/C72H46N2/c1-3-21-47(22-4-1)49-25-19-27-52(43-49)68-46-69(53-28-20-26-50(44-53)48-23-5-2-6-24-48)74-70(73-68)58-33-8-7-29-54(58)51-41-42-63-59(45-51)57-32-11-14-36-62(57)72(63)66-39-17-15-37-64(66)71(65-38-16-18-40-67(65)72)60-34-12-9-30-55(60)56-31-10-13-35-61(56)71/h1-46H. The van der Waals surface area contributed by atoms with E-state index in [9.17, 15) is 0 Å². The molecule has 3 aliphatic carbocycles. The first-order chi connectivity index (χ1) is 36.7. The van der Waals surface area contributed by atoms with Crippen molar-refractivity contribution in [3.63, 3.8) is 0 Å². The predicted molar refractivity (Wildman–Crippen MR) is 303 cm³/mol. The van der Waals surface area contributed by atoms with Gasteiger partial charge in [-0.25, -0.2) is 9.97 Å². The van der Waals surface area contributed by atoms with E-state index in [1.54, 1.807) is 0 Å². The van der Waals surface area contributed by atoms with Crippen molar-refractivity contribution in [1.29, 1.82) is 0 Å². The molecule has 15 rings (SSSR count). The van der Waals surface area contributed by atoms with E-state index in [0.717, 1.165) is 50.3 Å². The molecule has 0 saturated carbocycles. The Bertz CT molecular complexity index is 4010. The topological polar surface area (TPSA) is 25.8 Å². The van der Waals surface area contributed by atoms with E-state index < -0.39 is 10.8 Å². The van der Waals surface area contributed by atoms with E-state index in [1.807, 2.05) is 0 Å². The van der Waals surface area contributed by atoms with E-state index in [0.29, 0.717) is 5.82 Å². The average molecular weight is 939 g/mol. The molecular formula is C72H46N2. The van der Waals surface area contributed by atoms with Crippen LogP contribution in [0.4, 0.5) is 0 Å². The minimum atomic E-state index is -0.566. The number of hydrogen-bond donors (Lipinski definition) is 0. The Morgan fingerprint density at radius 1 is 0.189 bits per heavy atom. The van der Waals surface area contributed by atoms with Crippen LogP contribution in [0.25, 0.3) is 89.5 Å². The fourth-order valence-corrected chi connectivity index (χ4v) is 13.2. The number of aromatic nitrogens is 2. The fraction of sp³-hybridized carbons (Fsp3) is 0.0278. The molecule has 2 nitrogen and oxygen atoms in total. The summed E-state index contributed by atoms with van der Waals surface area (Å²) in [5, 5.41) is 0. The highest BCUT2D eigenvalue weighted by Crippen LogP contribution is 2.67. The molecule has 0 N–H and O–H groups in total. The molecule has 0 saturated heterocycles.